The van der Waals surface area contributed by atoms with Crippen molar-refractivity contribution < 1.29 is 4.79 Å². The number of fused-ring (bicyclic) bond motifs is 1. The average molecular weight is 437 g/mol. The second-order valence-electron chi connectivity index (χ2n) is 9.19. The summed E-state index contributed by atoms with van der Waals surface area (Å²) in [5, 5.41) is 6.22. The van der Waals surface area contributed by atoms with E-state index in [1.807, 2.05) is 20.0 Å². The molecule has 0 aliphatic carbocycles. The number of amides is 1. The molecule has 7 nitrogen and oxygen atoms in total. The fraction of sp³-hybridized carbons (Fsp3) is 0.520. The molecule has 1 atom stereocenters. The smallest absolute Gasteiger partial charge is 0.265 e. The molecule has 2 heterocycles. The molecule has 172 valence electrons. The highest BCUT2D eigenvalue weighted by Gasteiger charge is 2.37. The van der Waals surface area contributed by atoms with E-state index in [0.717, 1.165) is 43.1 Å². The van der Waals surface area contributed by atoms with Crippen LogP contribution in [0.5, 0.6) is 0 Å². The first kappa shape index (κ1) is 23.9. The summed E-state index contributed by atoms with van der Waals surface area (Å²) in [6.07, 6.45) is 3.63. The molecule has 0 saturated carbocycles. The monoisotopic (exact) mass is 436 g/mol. The first-order valence-corrected chi connectivity index (χ1v) is 11.4. The lowest BCUT2D eigenvalue weighted by Crippen LogP contribution is -2.34. The van der Waals surface area contributed by atoms with Crippen LogP contribution in [-0.4, -0.2) is 48.3 Å². The van der Waals surface area contributed by atoms with Gasteiger partial charge in [0.1, 0.15) is 17.7 Å². The van der Waals surface area contributed by atoms with E-state index in [9.17, 15) is 4.79 Å². The fourth-order valence-electron chi connectivity index (χ4n) is 4.20. The largest absolute Gasteiger partial charge is 0.351 e. The predicted molar refractivity (Wildman–Crippen MR) is 131 cm³/mol. The van der Waals surface area contributed by atoms with Gasteiger partial charge in [-0.3, -0.25) is 4.79 Å². The summed E-state index contributed by atoms with van der Waals surface area (Å²) >= 11 is 0. The molecule has 1 unspecified atom stereocenters. The number of aromatic nitrogens is 2. The summed E-state index contributed by atoms with van der Waals surface area (Å²) in [6.45, 7) is 12.7. The lowest BCUT2D eigenvalue weighted by atomic mass is 9.87. The minimum absolute atomic E-state index is 0.00857. The molecule has 2 N–H and O–H groups in total. The molecule has 0 saturated heterocycles. The van der Waals surface area contributed by atoms with Gasteiger partial charge in [0.25, 0.3) is 5.91 Å². The van der Waals surface area contributed by atoms with Crippen LogP contribution in [0.4, 0.5) is 17.2 Å². The van der Waals surface area contributed by atoms with Crippen molar-refractivity contribution in [3.05, 3.63) is 41.9 Å². The number of carbonyl (C=O) groups excluding carboxylic acids is 1. The second-order valence-corrected chi connectivity index (χ2v) is 9.19. The SMILES string of the molecule is CCC(CCNC)CNC(=O)C(C)=Nc1c(C)ncnc1N1CC(C)(C)c2ccccc21. The molecule has 0 spiro atoms. The Kier molecular flexibility index (Phi) is 7.61. The van der Waals surface area contributed by atoms with Crippen LogP contribution in [0.2, 0.25) is 0 Å². The minimum Gasteiger partial charge on any atom is -0.351 e. The topological polar surface area (TPSA) is 82.5 Å². The molecular formula is C25H36N6O. The van der Waals surface area contributed by atoms with Gasteiger partial charge >= 0.3 is 0 Å². The Morgan fingerprint density at radius 3 is 2.75 bits per heavy atom. The van der Waals surface area contributed by atoms with Gasteiger partial charge in [0.05, 0.1) is 5.69 Å². The number of hydrogen-bond donors (Lipinski definition) is 2. The summed E-state index contributed by atoms with van der Waals surface area (Å²) in [5.74, 6) is 1.03. The first-order chi connectivity index (χ1) is 15.3. The van der Waals surface area contributed by atoms with Gasteiger partial charge in [-0.2, -0.15) is 0 Å². The van der Waals surface area contributed by atoms with E-state index in [2.05, 4.69) is 64.5 Å². The molecule has 0 fully saturated rings. The Morgan fingerprint density at radius 2 is 2.03 bits per heavy atom. The van der Waals surface area contributed by atoms with Crippen LogP contribution in [0, 0.1) is 12.8 Å². The van der Waals surface area contributed by atoms with Gasteiger partial charge in [0.15, 0.2) is 5.82 Å². The van der Waals surface area contributed by atoms with Crippen LogP contribution < -0.4 is 15.5 Å². The van der Waals surface area contributed by atoms with E-state index in [-0.39, 0.29) is 11.3 Å². The van der Waals surface area contributed by atoms with E-state index >= 15 is 0 Å². The van der Waals surface area contributed by atoms with Gasteiger partial charge in [-0.15, -0.1) is 0 Å². The summed E-state index contributed by atoms with van der Waals surface area (Å²) in [7, 11) is 1.95. The Labute approximate surface area is 191 Å². The molecule has 0 radical (unpaired) electrons. The average Bonchev–Trinajstić information content (AvgIpc) is 3.06. The van der Waals surface area contributed by atoms with Crippen LogP contribution in [0.15, 0.2) is 35.6 Å². The van der Waals surface area contributed by atoms with Gasteiger partial charge in [0.2, 0.25) is 0 Å². The zero-order valence-corrected chi connectivity index (χ0v) is 20.2. The van der Waals surface area contributed by atoms with Gasteiger partial charge < -0.3 is 15.5 Å². The zero-order chi connectivity index (χ0) is 23.3. The highest BCUT2D eigenvalue weighted by molar-refractivity contribution is 6.38. The molecule has 1 aliphatic heterocycles. The number of rotatable bonds is 9. The maximum atomic E-state index is 12.8. The van der Waals surface area contributed by atoms with Crippen molar-refractivity contribution in [1.29, 1.82) is 0 Å². The lowest BCUT2D eigenvalue weighted by Gasteiger charge is -2.23. The molecule has 32 heavy (non-hydrogen) atoms. The van der Waals surface area contributed by atoms with Crippen molar-refractivity contribution in [2.75, 3.05) is 31.6 Å². The standard InChI is InChI=1S/C25H36N6O/c1-7-19(12-13-26-6)14-27-24(32)18(3)30-22-17(2)28-16-29-23(22)31-15-25(4,5)20-10-8-9-11-21(20)31/h8-11,16,19,26H,7,12-15H2,1-6H3,(H,27,32). The van der Waals surface area contributed by atoms with E-state index in [4.69, 9.17) is 4.99 Å². The third-order valence-electron chi connectivity index (χ3n) is 6.26. The van der Waals surface area contributed by atoms with Crippen LogP contribution in [0.1, 0.15) is 51.8 Å². The zero-order valence-electron chi connectivity index (χ0n) is 20.2. The van der Waals surface area contributed by atoms with Gasteiger partial charge in [-0.1, -0.05) is 45.4 Å². The maximum absolute atomic E-state index is 12.8. The van der Waals surface area contributed by atoms with Crippen LogP contribution in [0.25, 0.3) is 0 Å². The molecule has 1 amide bonds. The van der Waals surface area contributed by atoms with Crippen molar-refractivity contribution in [3.63, 3.8) is 0 Å². The third-order valence-corrected chi connectivity index (χ3v) is 6.26. The molecule has 7 heteroatoms. The number of aliphatic imine (C=N–C) groups is 1. The van der Waals surface area contributed by atoms with Crippen molar-refractivity contribution in [3.8, 4) is 0 Å². The van der Waals surface area contributed by atoms with Crippen LogP contribution in [-0.2, 0) is 10.2 Å². The quantitative estimate of drug-likeness (QED) is 0.579. The molecular weight excluding hydrogens is 400 g/mol. The Morgan fingerprint density at radius 1 is 1.28 bits per heavy atom. The molecule has 1 aromatic heterocycles. The number of benzene rings is 1. The van der Waals surface area contributed by atoms with Crippen molar-refractivity contribution in [1.82, 2.24) is 20.6 Å². The number of nitrogens with zero attached hydrogens (tertiary/aromatic N) is 4. The predicted octanol–water partition coefficient (Wildman–Crippen LogP) is 4.06. The van der Waals surface area contributed by atoms with Crippen molar-refractivity contribution in [2.24, 2.45) is 10.9 Å². The molecule has 2 aromatic rings. The Bertz CT molecular complexity index is 984. The maximum Gasteiger partial charge on any atom is 0.265 e. The Balaban J connectivity index is 1.85. The summed E-state index contributed by atoms with van der Waals surface area (Å²) < 4.78 is 0. The summed E-state index contributed by atoms with van der Waals surface area (Å²) in [4.78, 5) is 28.6. The summed E-state index contributed by atoms with van der Waals surface area (Å²) in [6, 6.07) is 8.40. The summed E-state index contributed by atoms with van der Waals surface area (Å²) in [5.41, 5.74) is 4.22. The van der Waals surface area contributed by atoms with E-state index in [0.29, 0.717) is 23.9 Å². The van der Waals surface area contributed by atoms with Gasteiger partial charge in [-0.05, 0) is 51.4 Å². The van der Waals surface area contributed by atoms with E-state index in [1.54, 1.807) is 13.3 Å². The number of aryl methyl sites for hydroxylation is 1. The number of carbonyl (C=O) groups is 1. The number of hydrogen-bond acceptors (Lipinski definition) is 6. The van der Waals surface area contributed by atoms with Crippen molar-refractivity contribution >= 4 is 28.8 Å². The highest BCUT2D eigenvalue weighted by atomic mass is 16.1. The first-order valence-electron chi connectivity index (χ1n) is 11.4. The lowest BCUT2D eigenvalue weighted by molar-refractivity contribution is -0.115. The molecule has 1 aliphatic rings. The number of para-hydroxylation sites is 1. The molecule has 1 aromatic carbocycles. The molecule has 3 rings (SSSR count). The highest BCUT2D eigenvalue weighted by Crippen LogP contribution is 2.46. The number of nitrogens with one attached hydrogen (secondary N) is 2. The van der Waals surface area contributed by atoms with Gasteiger partial charge in [-0.25, -0.2) is 15.0 Å². The van der Waals surface area contributed by atoms with E-state index in [1.165, 1.54) is 5.56 Å². The van der Waals surface area contributed by atoms with Crippen LogP contribution in [0.3, 0.4) is 0 Å². The second kappa shape index (κ2) is 10.2. The van der Waals surface area contributed by atoms with E-state index < -0.39 is 0 Å². The third kappa shape index (κ3) is 5.15. The van der Waals surface area contributed by atoms with Gasteiger partial charge in [0, 0.05) is 24.2 Å². The fourth-order valence-corrected chi connectivity index (χ4v) is 4.20. The van der Waals surface area contributed by atoms with Crippen LogP contribution >= 0.6 is 0 Å². The Hall–Kier alpha value is -2.80. The minimum atomic E-state index is -0.149. The normalized spacial score (nSPS) is 16.1. The molecule has 0 bridgehead atoms. The van der Waals surface area contributed by atoms with Crippen molar-refractivity contribution in [2.45, 2.75) is 52.9 Å². The number of anilines is 2.